The molecule has 0 saturated carbocycles. The third-order valence-corrected chi connectivity index (χ3v) is 5.40. The van der Waals surface area contributed by atoms with Gasteiger partial charge >= 0.3 is 0 Å². The molecular weight excluding hydrogens is 442 g/mol. The summed E-state index contributed by atoms with van der Waals surface area (Å²) in [4.78, 5) is 28.4. The van der Waals surface area contributed by atoms with Gasteiger partial charge in [-0.25, -0.2) is 0 Å². The molecule has 8 heteroatoms. The van der Waals surface area contributed by atoms with Crippen molar-refractivity contribution in [1.29, 1.82) is 0 Å². The third kappa shape index (κ3) is 5.84. The Bertz CT molecular complexity index is 1400. The number of hydrogen-bond acceptors (Lipinski definition) is 5. The minimum atomic E-state index is -0.151. The van der Waals surface area contributed by atoms with Crippen LogP contribution in [-0.2, 0) is 21.5 Å². The molecular formula is C27H29N5O3. The fraction of sp³-hybridized carbons (Fsp3) is 0.259. The van der Waals surface area contributed by atoms with Crippen molar-refractivity contribution in [3.05, 3.63) is 72.2 Å². The van der Waals surface area contributed by atoms with Crippen LogP contribution in [0.2, 0.25) is 0 Å². The number of amides is 2. The first-order valence-electron chi connectivity index (χ1n) is 11.4. The van der Waals surface area contributed by atoms with Gasteiger partial charge in [0.25, 0.3) is 0 Å². The van der Waals surface area contributed by atoms with E-state index in [1.807, 2.05) is 48.1 Å². The second-order valence-corrected chi connectivity index (χ2v) is 9.49. The van der Waals surface area contributed by atoms with Gasteiger partial charge in [-0.3, -0.25) is 19.3 Å². The Morgan fingerprint density at radius 3 is 2.49 bits per heavy atom. The van der Waals surface area contributed by atoms with E-state index in [-0.39, 0.29) is 23.8 Å². The van der Waals surface area contributed by atoms with Crippen LogP contribution in [0.1, 0.15) is 38.8 Å². The van der Waals surface area contributed by atoms with Gasteiger partial charge in [0, 0.05) is 30.4 Å². The zero-order valence-electron chi connectivity index (χ0n) is 20.5. The third-order valence-electron chi connectivity index (χ3n) is 5.40. The molecule has 0 unspecified atom stereocenters. The van der Waals surface area contributed by atoms with Gasteiger partial charge in [0.2, 0.25) is 11.8 Å². The largest absolute Gasteiger partial charge is 0.456 e. The van der Waals surface area contributed by atoms with Crippen molar-refractivity contribution in [2.45, 2.75) is 46.6 Å². The Hall–Kier alpha value is -4.20. The topological polar surface area (TPSA) is 98.1 Å². The highest BCUT2D eigenvalue weighted by Crippen LogP contribution is 2.32. The Labute approximate surface area is 204 Å². The predicted octanol–water partition coefficient (Wildman–Crippen LogP) is 5.43. The van der Waals surface area contributed by atoms with Crippen molar-refractivity contribution in [3.8, 4) is 11.5 Å². The predicted molar refractivity (Wildman–Crippen MR) is 137 cm³/mol. The lowest BCUT2D eigenvalue weighted by atomic mass is 10.1. The number of aromatic nitrogens is 3. The van der Waals surface area contributed by atoms with Crippen LogP contribution in [0.15, 0.2) is 61.1 Å². The molecule has 180 valence electrons. The van der Waals surface area contributed by atoms with E-state index in [0.29, 0.717) is 22.9 Å². The van der Waals surface area contributed by atoms with Gasteiger partial charge in [0.05, 0.1) is 29.4 Å². The van der Waals surface area contributed by atoms with Crippen molar-refractivity contribution in [3.63, 3.8) is 0 Å². The van der Waals surface area contributed by atoms with Gasteiger partial charge in [0.15, 0.2) is 0 Å². The molecule has 0 radical (unpaired) electrons. The number of fused-ring (bicyclic) bond motifs is 1. The van der Waals surface area contributed by atoms with E-state index < -0.39 is 0 Å². The van der Waals surface area contributed by atoms with E-state index in [4.69, 9.17) is 4.74 Å². The maximum absolute atomic E-state index is 12.6. The van der Waals surface area contributed by atoms with Gasteiger partial charge in [-0.2, -0.15) is 5.10 Å². The molecule has 4 aromatic rings. The van der Waals surface area contributed by atoms with Gasteiger partial charge in [-0.15, -0.1) is 0 Å². The van der Waals surface area contributed by atoms with Crippen LogP contribution in [0.5, 0.6) is 11.5 Å². The molecule has 8 nitrogen and oxygen atoms in total. The minimum absolute atomic E-state index is 0.114. The smallest absolute Gasteiger partial charge is 0.228 e. The van der Waals surface area contributed by atoms with Crippen LogP contribution < -0.4 is 15.4 Å². The Morgan fingerprint density at radius 1 is 1.00 bits per heavy atom. The number of aryl methyl sites for hydroxylation is 1. The second-order valence-electron chi connectivity index (χ2n) is 9.49. The number of rotatable bonds is 6. The first-order chi connectivity index (χ1) is 16.6. The Morgan fingerprint density at radius 2 is 1.80 bits per heavy atom. The summed E-state index contributed by atoms with van der Waals surface area (Å²) in [6.45, 7) is 9.56. The minimum Gasteiger partial charge on any atom is -0.456 e. The highest BCUT2D eigenvalue weighted by Gasteiger charge is 2.15. The van der Waals surface area contributed by atoms with E-state index in [1.54, 1.807) is 24.5 Å². The average molecular weight is 472 g/mol. The number of nitrogens with one attached hydrogen (secondary N) is 2. The molecule has 2 amide bonds. The monoisotopic (exact) mass is 471 g/mol. The van der Waals surface area contributed by atoms with Crippen LogP contribution >= 0.6 is 0 Å². The number of hydrogen-bond donors (Lipinski definition) is 2. The number of ether oxygens (including phenoxy) is 1. The zero-order valence-corrected chi connectivity index (χ0v) is 20.5. The normalized spacial score (nSPS) is 11.3. The van der Waals surface area contributed by atoms with Crippen molar-refractivity contribution in [2.24, 2.45) is 0 Å². The molecule has 0 spiro atoms. The number of nitrogens with zero attached hydrogens (tertiary/aromatic N) is 3. The number of carbonyl (C=O) groups excluding carboxylic acids is 2. The standard InChI is InChI=1S/C27H29N5O3/c1-17-12-19(13-26(34)31-21-15-29-32(16-21)27(3,4)5)6-9-24(17)35-25-10-11-28-23-8-7-20(14-22(23)25)30-18(2)33/h6-12,14-16H,13H2,1-5H3,(H,30,33)(H,31,34). The van der Waals surface area contributed by atoms with Crippen LogP contribution in [0, 0.1) is 6.92 Å². The van der Waals surface area contributed by atoms with Crippen molar-refractivity contribution >= 4 is 34.1 Å². The maximum Gasteiger partial charge on any atom is 0.228 e. The number of benzene rings is 2. The molecule has 0 atom stereocenters. The molecule has 0 bridgehead atoms. The van der Waals surface area contributed by atoms with Gasteiger partial charge in [-0.1, -0.05) is 12.1 Å². The van der Waals surface area contributed by atoms with E-state index >= 15 is 0 Å². The van der Waals surface area contributed by atoms with Gasteiger partial charge < -0.3 is 15.4 Å². The molecule has 0 aliphatic rings. The highest BCUT2D eigenvalue weighted by atomic mass is 16.5. The summed E-state index contributed by atoms with van der Waals surface area (Å²) in [5, 5.41) is 10.8. The van der Waals surface area contributed by atoms with Crippen LogP contribution in [0.4, 0.5) is 11.4 Å². The lowest BCUT2D eigenvalue weighted by Gasteiger charge is -2.18. The summed E-state index contributed by atoms with van der Waals surface area (Å²) in [5.41, 5.74) is 3.74. The first kappa shape index (κ1) is 23.9. The summed E-state index contributed by atoms with van der Waals surface area (Å²) in [6.07, 6.45) is 5.41. The van der Waals surface area contributed by atoms with E-state index in [1.165, 1.54) is 6.92 Å². The summed E-state index contributed by atoms with van der Waals surface area (Å²) < 4.78 is 8.03. The molecule has 4 rings (SSSR count). The van der Waals surface area contributed by atoms with Crippen LogP contribution in [0.3, 0.4) is 0 Å². The zero-order chi connectivity index (χ0) is 25.2. The fourth-order valence-corrected chi connectivity index (χ4v) is 3.69. The molecule has 2 aromatic heterocycles. The maximum atomic E-state index is 12.6. The number of anilines is 2. The van der Waals surface area contributed by atoms with E-state index in [2.05, 4.69) is 41.5 Å². The molecule has 0 saturated heterocycles. The van der Waals surface area contributed by atoms with Gasteiger partial charge in [-0.05, 0) is 69.2 Å². The summed E-state index contributed by atoms with van der Waals surface area (Å²) >= 11 is 0. The summed E-state index contributed by atoms with van der Waals surface area (Å²) in [6, 6.07) is 13.0. The van der Waals surface area contributed by atoms with Crippen molar-refractivity contribution < 1.29 is 14.3 Å². The fourth-order valence-electron chi connectivity index (χ4n) is 3.69. The Kier molecular flexibility index (Phi) is 6.55. The molecule has 0 fully saturated rings. The number of carbonyl (C=O) groups is 2. The number of pyridine rings is 1. The first-order valence-corrected chi connectivity index (χ1v) is 11.4. The van der Waals surface area contributed by atoms with Crippen molar-refractivity contribution in [2.75, 3.05) is 10.6 Å². The average Bonchev–Trinajstić information content (AvgIpc) is 3.24. The lowest BCUT2D eigenvalue weighted by Crippen LogP contribution is -2.22. The molecule has 0 aliphatic heterocycles. The van der Waals surface area contributed by atoms with Crippen LogP contribution in [-0.4, -0.2) is 26.6 Å². The highest BCUT2D eigenvalue weighted by molar-refractivity contribution is 5.94. The summed E-state index contributed by atoms with van der Waals surface area (Å²) in [7, 11) is 0. The van der Waals surface area contributed by atoms with E-state index in [9.17, 15) is 9.59 Å². The SMILES string of the molecule is CC(=O)Nc1ccc2nccc(Oc3ccc(CC(=O)Nc4cnn(C(C)(C)C)c4)cc3C)c2c1. The van der Waals surface area contributed by atoms with E-state index in [0.717, 1.165) is 22.0 Å². The van der Waals surface area contributed by atoms with Gasteiger partial charge in [0.1, 0.15) is 11.5 Å². The Balaban J connectivity index is 1.47. The quantitative estimate of drug-likeness (QED) is 0.391. The molecule has 35 heavy (non-hydrogen) atoms. The second kappa shape index (κ2) is 9.58. The van der Waals surface area contributed by atoms with Crippen LogP contribution in [0.25, 0.3) is 10.9 Å². The molecule has 2 N–H and O–H groups in total. The van der Waals surface area contributed by atoms with Crippen molar-refractivity contribution in [1.82, 2.24) is 14.8 Å². The lowest BCUT2D eigenvalue weighted by molar-refractivity contribution is -0.116. The molecule has 0 aliphatic carbocycles. The molecule has 2 aromatic carbocycles. The molecule has 2 heterocycles. The summed E-state index contributed by atoms with van der Waals surface area (Å²) in [5.74, 6) is 1.05.